The molecule has 1 amide bonds. The summed E-state index contributed by atoms with van der Waals surface area (Å²) < 4.78 is 5.42. The van der Waals surface area contributed by atoms with Crippen molar-refractivity contribution in [1.82, 2.24) is 30.3 Å². The predicted molar refractivity (Wildman–Crippen MR) is 106 cm³/mol. The van der Waals surface area contributed by atoms with E-state index in [0.29, 0.717) is 23.1 Å². The van der Waals surface area contributed by atoms with E-state index in [1.54, 1.807) is 25.4 Å². The molecule has 2 aromatic heterocycles. The maximum Gasteiger partial charge on any atom is 0.415 e. The van der Waals surface area contributed by atoms with Crippen LogP contribution in [0.2, 0.25) is 0 Å². The SMILES string of the molecule is CN(Cc1nnc(-c2ccccn2)nn1)C(=O)Oc1ccc(CC2CCC2)cc1. The minimum atomic E-state index is -0.492. The number of nitrogens with zero attached hydrogens (tertiary/aromatic N) is 6. The van der Waals surface area contributed by atoms with Crippen LogP contribution in [0.1, 0.15) is 30.7 Å². The standard InChI is InChI=1S/C21H22N6O2/c1-27(14-19-23-25-20(26-24-19)18-7-2-3-12-22-18)21(28)29-17-10-8-16(9-11-17)13-15-5-4-6-15/h2-3,7-12,15H,4-6,13-14H2,1H3. The van der Waals surface area contributed by atoms with Crippen LogP contribution in [0.3, 0.4) is 0 Å². The summed E-state index contributed by atoms with van der Waals surface area (Å²) in [5.41, 5.74) is 1.87. The largest absolute Gasteiger partial charge is 0.415 e. The van der Waals surface area contributed by atoms with Gasteiger partial charge >= 0.3 is 6.09 Å². The lowest BCUT2D eigenvalue weighted by molar-refractivity contribution is 0.159. The highest BCUT2D eigenvalue weighted by Gasteiger charge is 2.18. The Kier molecular flexibility index (Phi) is 5.69. The van der Waals surface area contributed by atoms with Gasteiger partial charge in [0.1, 0.15) is 11.4 Å². The van der Waals surface area contributed by atoms with Crippen LogP contribution >= 0.6 is 0 Å². The van der Waals surface area contributed by atoms with E-state index < -0.39 is 6.09 Å². The number of ether oxygens (including phenoxy) is 1. The van der Waals surface area contributed by atoms with Crippen LogP contribution in [0.25, 0.3) is 11.5 Å². The van der Waals surface area contributed by atoms with E-state index in [-0.39, 0.29) is 6.54 Å². The summed E-state index contributed by atoms with van der Waals surface area (Å²) in [5, 5.41) is 16.1. The van der Waals surface area contributed by atoms with Gasteiger partial charge in [-0.15, -0.1) is 20.4 Å². The molecule has 8 heteroatoms. The van der Waals surface area contributed by atoms with Crippen LogP contribution < -0.4 is 4.74 Å². The number of pyridine rings is 1. The van der Waals surface area contributed by atoms with Gasteiger partial charge in [-0.2, -0.15) is 0 Å². The van der Waals surface area contributed by atoms with E-state index >= 15 is 0 Å². The molecule has 4 rings (SSSR count). The van der Waals surface area contributed by atoms with Crippen LogP contribution in [0.4, 0.5) is 4.79 Å². The Hall–Kier alpha value is -3.42. The highest BCUT2D eigenvalue weighted by Crippen LogP contribution is 2.30. The molecule has 0 aliphatic heterocycles. The van der Waals surface area contributed by atoms with E-state index in [9.17, 15) is 4.79 Å². The van der Waals surface area contributed by atoms with Crippen molar-refractivity contribution in [2.75, 3.05) is 7.05 Å². The van der Waals surface area contributed by atoms with Gasteiger partial charge in [-0.05, 0) is 42.2 Å². The first kappa shape index (κ1) is 18.9. The Bertz CT molecular complexity index is 943. The third kappa shape index (κ3) is 4.90. The van der Waals surface area contributed by atoms with Gasteiger partial charge in [0.2, 0.25) is 5.82 Å². The van der Waals surface area contributed by atoms with E-state index in [1.165, 1.54) is 29.7 Å². The molecule has 1 aromatic carbocycles. The predicted octanol–water partition coefficient (Wildman–Crippen LogP) is 3.30. The molecule has 0 spiro atoms. The van der Waals surface area contributed by atoms with Crippen molar-refractivity contribution in [3.63, 3.8) is 0 Å². The summed E-state index contributed by atoms with van der Waals surface area (Å²) in [4.78, 5) is 17.9. The fraction of sp³-hybridized carbons (Fsp3) is 0.333. The average molecular weight is 390 g/mol. The van der Waals surface area contributed by atoms with Gasteiger partial charge in [0.25, 0.3) is 0 Å². The van der Waals surface area contributed by atoms with Crippen molar-refractivity contribution >= 4 is 6.09 Å². The van der Waals surface area contributed by atoms with Gasteiger partial charge in [-0.1, -0.05) is 37.5 Å². The molecule has 8 nitrogen and oxygen atoms in total. The average Bonchev–Trinajstić information content (AvgIpc) is 2.73. The van der Waals surface area contributed by atoms with Crippen molar-refractivity contribution in [3.8, 4) is 17.3 Å². The van der Waals surface area contributed by atoms with Gasteiger partial charge in [0, 0.05) is 13.2 Å². The number of hydrogen-bond donors (Lipinski definition) is 0. The summed E-state index contributed by atoms with van der Waals surface area (Å²) in [5.74, 6) is 1.98. The molecule has 29 heavy (non-hydrogen) atoms. The molecule has 2 heterocycles. The number of aromatic nitrogens is 5. The zero-order chi connectivity index (χ0) is 20.1. The Morgan fingerprint density at radius 3 is 2.45 bits per heavy atom. The Labute approximate surface area is 169 Å². The summed E-state index contributed by atoms with van der Waals surface area (Å²) in [6, 6.07) is 13.1. The first-order valence-corrected chi connectivity index (χ1v) is 9.67. The van der Waals surface area contributed by atoms with Crippen LogP contribution in [-0.2, 0) is 13.0 Å². The lowest BCUT2D eigenvalue weighted by Gasteiger charge is -2.25. The number of benzene rings is 1. The second kappa shape index (κ2) is 8.72. The minimum Gasteiger partial charge on any atom is -0.410 e. The first-order valence-electron chi connectivity index (χ1n) is 9.67. The zero-order valence-corrected chi connectivity index (χ0v) is 16.2. The Morgan fingerprint density at radius 1 is 1.07 bits per heavy atom. The van der Waals surface area contributed by atoms with Crippen LogP contribution in [-0.4, -0.2) is 43.4 Å². The third-order valence-electron chi connectivity index (χ3n) is 4.98. The monoisotopic (exact) mass is 390 g/mol. The normalized spacial score (nSPS) is 13.6. The molecule has 1 fully saturated rings. The summed E-state index contributed by atoms with van der Waals surface area (Å²) in [6.45, 7) is 0.140. The molecule has 0 atom stereocenters. The molecule has 1 aliphatic rings. The van der Waals surface area contributed by atoms with E-state index in [2.05, 4.69) is 25.4 Å². The van der Waals surface area contributed by atoms with Crippen molar-refractivity contribution in [3.05, 3.63) is 60.0 Å². The van der Waals surface area contributed by atoms with Crippen molar-refractivity contribution in [2.24, 2.45) is 5.92 Å². The molecule has 0 unspecified atom stereocenters. The maximum atomic E-state index is 12.3. The van der Waals surface area contributed by atoms with E-state index in [4.69, 9.17) is 4.74 Å². The topological polar surface area (TPSA) is 94.0 Å². The third-order valence-corrected chi connectivity index (χ3v) is 4.98. The number of carbonyl (C=O) groups is 1. The van der Waals surface area contributed by atoms with Crippen molar-refractivity contribution in [1.29, 1.82) is 0 Å². The number of hydrogen-bond acceptors (Lipinski definition) is 7. The second-order valence-electron chi connectivity index (χ2n) is 7.22. The quantitative estimate of drug-likeness (QED) is 0.637. The number of rotatable bonds is 6. The molecular weight excluding hydrogens is 368 g/mol. The van der Waals surface area contributed by atoms with Gasteiger partial charge in [-0.25, -0.2) is 4.79 Å². The molecule has 1 saturated carbocycles. The summed E-state index contributed by atoms with van der Waals surface area (Å²) >= 11 is 0. The van der Waals surface area contributed by atoms with Gasteiger partial charge in [0.05, 0.1) is 6.54 Å². The van der Waals surface area contributed by atoms with Gasteiger partial charge < -0.3 is 9.64 Å². The molecule has 1 aliphatic carbocycles. The van der Waals surface area contributed by atoms with Crippen molar-refractivity contribution in [2.45, 2.75) is 32.2 Å². The molecule has 0 saturated heterocycles. The first-order chi connectivity index (χ1) is 14.2. The molecule has 3 aromatic rings. The Morgan fingerprint density at radius 2 is 1.83 bits per heavy atom. The zero-order valence-electron chi connectivity index (χ0n) is 16.2. The van der Waals surface area contributed by atoms with Gasteiger partial charge in [-0.3, -0.25) is 4.98 Å². The maximum absolute atomic E-state index is 12.3. The van der Waals surface area contributed by atoms with E-state index in [0.717, 1.165) is 12.3 Å². The smallest absolute Gasteiger partial charge is 0.410 e. The Balaban J connectivity index is 1.31. The molecule has 0 N–H and O–H groups in total. The summed E-state index contributed by atoms with van der Waals surface area (Å²) in [6.07, 6.45) is 6.23. The van der Waals surface area contributed by atoms with Crippen LogP contribution in [0.5, 0.6) is 5.75 Å². The lowest BCUT2D eigenvalue weighted by atomic mass is 9.81. The highest BCUT2D eigenvalue weighted by atomic mass is 16.6. The van der Waals surface area contributed by atoms with E-state index in [1.807, 2.05) is 30.3 Å². The lowest BCUT2D eigenvalue weighted by Crippen LogP contribution is -2.30. The molecular formula is C21H22N6O2. The van der Waals surface area contributed by atoms with Crippen LogP contribution in [0, 0.1) is 5.92 Å². The highest BCUT2D eigenvalue weighted by molar-refractivity contribution is 5.70. The molecule has 0 radical (unpaired) electrons. The number of amides is 1. The number of carbonyl (C=O) groups excluding carboxylic acids is 1. The van der Waals surface area contributed by atoms with Crippen LogP contribution in [0.15, 0.2) is 48.7 Å². The molecule has 0 bridgehead atoms. The fourth-order valence-electron chi connectivity index (χ4n) is 3.09. The minimum absolute atomic E-state index is 0.140. The van der Waals surface area contributed by atoms with Crippen molar-refractivity contribution < 1.29 is 9.53 Å². The fourth-order valence-corrected chi connectivity index (χ4v) is 3.09. The second-order valence-corrected chi connectivity index (χ2v) is 7.22. The van der Waals surface area contributed by atoms with Gasteiger partial charge in [0.15, 0.2) is 5.82 Å². The summed E-state index contributed by atoms with van der Waals surface area (Å²) in [7, 11) is 1.61. The molecule has 148 valence electrons.